The van der Waals surface area contributed by atoms with Crippen LogP contribution in [0.4, 0.5) is 11.4 Å². The standard InChI is InChI=1S/C19H18N4O3/c1-3-23-18(24)17(21-14-10-7-11-20-12-14)15(19(25)26-2)16(22-23)13-8-5-4-6-9-13/h4-12,21H,3H2,1-2H3. The van der Waals surface area contributed by atoms with E-state index in [0.29, 0.717) is 23.5 Å². The molecule has 0 saturated carbocycles. The number of methoxy groups -OCH3 is 1. The van der Waals surface area contributed by atoms with Crippen LogP contribution in [0.5, 0.6) is 0 Å². The van der Waals surface area contributed by atoms with Crippen LogP contribution in [0.3, 0.4) is 0 Å². The molecule has 26 heavy (non-hydrogen) atoms. The van der Waals surface area contributed by atoms with Gasteiger partial charge in [-0.05, 0) is 19.1 Å². The lowest BCUT2D eigenvalue weighted by molar-refractivity contribution is 0.0602. The first kappa shape index (κ1) is 17.3. The van der Waals surface area contributed by atoms with Crippen molar-refractivity contribution in [3.05, 3.63) is 70.8 Å². The van der Waals surface area contributed by atoms with Crippen molar-refractivity contribution >= 4 is 17.3 Å². The van der Waals surface area contributed by atoms with E-state index in [4.69, 9.17) is 4.74 Å². The van der Waals surface area contributed by atoms with Crippen molar-refractivity contribution in [2.24, 2.45) is 0 Å². The number of carbonyl (C=O) groups is 1. The molecule has 0 fully saturated rings. The summed E-state index contributed by atoms with van der Waals surface area (Å²) >= 11 is 0. The fraction of sp³-hybridized carbons (Fsp3) is 0.158. The van der Waals surface area contributed by atoms with E-state index in [-0.39, 0.29) is 11.3 Å². The van der Waals surface area contributed by atoms with Crippen molar-refractivity contribution < 1.29 is 9.53 Å². The molecule has 0 spiro atoms. The number of hydrogen-bond acceptors (Lipinski definition) is 6. The first-order valence-corrected chi connectivity index (χ1v) is 8.11. The predicted molar refractivity (Wildman–Crippen MR) is 98.5 cm³/mol. The molecule has 0 atom stereocenters. The molecular weight excluding hydrogens is 332 g/mol. The molecular formula is C19H18N4O3. The Balaban J connectivity index is 2.29. The zero-order valence-electron chi connectivity index (χ0n) is 14.5. The quantitative estimate of drug-likeness (QED) is 0.712. The van der Waals surface area contributed by atoms with Crippen molar-refractivity contribution in [1.29, 1.82) is 0 Å². The summed E-state index contributed by atoms with van der Waals surface area (Å²) < 4.78 is 6.24. The molecule has 7 heteroatoms. The van der Waals surface area contributed by atoms with Crippen LogP contribution in [0.15, 0.2) is 59.7 Å². The van der Waals surface area contributed by atoms with Crippen molar-refractivity contribution in [3.8, 4) is 11.3 Å². The molecule has 1 N–H and O–H groups in total. The summed E-state index contributed by atoms with van der Waals surface area (Å²) in [6, 6.07) is 12.7. The fourth-order valence-electron chi connectivity index (χ4n) is 2.58. The largest absolute Gasteiger partial charge is 0.465 e. The van der Waals surface area contributed by atoms with E-state index in [9.17, 15) is 9.59 Å². The molecule has 7 nitrogen and oxygen atoms in total. The van der Waals surface area contributed by atoms with Crippen LogP contribution in [-0.4, -0.2) is 27.8 Å². The molecule has 2 heterocycles. The minimum absolute atomic E-state index is 0.0947. The van der Waals surface area contributed by atoms with Crippen LogP contribution >= 0.6 is 0 Å². The number of nitrogens with one attached hydrogen (secondary N) is 1. The van der Waals surface area contributed by atoms with Gasteiger partial charge < -0.3 is 10.1 Å². The summed E-state index contributed by atoms with van der Waals surface area (Å²) in [6.45, 7) is 2.18. The summed E-state index contributed by atoms with van der Waals surface area (Å²) in [5, 5.41) is 7.38. The molecule has 0 aliphatic heterocycles. The number of anilines is 2. The minimum atomic E-state index is -0.636. The van der Waals surface area contributed by atoms with E-state index in [0.717, 1.165) is 0 Å². The Morgan fingerprint density at radius 1 is 1.19 bits per heavy atom. The first-order valence-electron chi connectivity index (χ1n) is 8.11. The number of esters is 1. The van der Waals surface area contributed by atoms with Crippen LogP contribution in [0.2, 0.25) is 0 Å². The topological polar surface area (TPSA) is 86.1 Å². The highest BCUT2D eigenvalue weighted by Gasteiger charge is 2.25. The second-order valence-electron chi connectivity index (χ2n) is 5.44. The molecule has 3 aromatic rings. The van der Waals surface area contributed by atoms with Gasteiger partial charge in [0.2, 0.25) is 0 Å². The number of hydrogen-bond donors (Lipinski definition) is 1. The minimum Gasteiger partial charge on any atom is -0.465 e. The number of carbonyl (C=O) groups excluding carboxylic acids is 1. The molecule has 0 unspecified atom stereocenters. The van der Waals surface area contributed by atoms with E-state index in [1.54, 1.807) is 24.5 Å². The number of ether oxygens (including phenoxy) is 1. The second kappa shape index (κ2) is 7.60. The number of rotatable bonds is 5. The maximum absolute atomic E-state index is 12.8. The highest BCUT2D eigenvalue weighted by Crippen LogP contribution is 2.27. The molecule has 0 bridgehead atoms. The Bertz CT molecular complexity index is 969. The van der Waals surface area contributed by atoms with Gasteiger partial charge in [-0.15, -0.1) is 0 Å². The lowest BCUT2D eigenvalue weighted by atomic mass is 10.0. The van der Waals surface area contributed by atoms with Gasteiger partial charge in [-0.3, -0.25) is 9.78 Å². The summed E-state index contributed by atoms with van der Waals surface area (Å²) in [5.74, 6) is -0.636. The maximum Gasteiger partial charge on any atom is 0.342 e. The number of benzene rings is 1. The summed E-state index contributed by atoms with van der Waals surface area (Å²) in [4.78, 5) is 29.4. The van der Waals surface area contributed by atoms with Gasteiger partial charge in [0.25, 0.3) is 5.56 Å². The van der Waals surface area contributed by atoms with Gasteiger partial charge in [0.05, 0.1) is 19.0 Å². The van der Waals surface area contributed by atoms with Crippen LogP contribution < -0.4 is 10.9 Å². The molecule has 0 aliphatic carbocycles. The van der Waals surface area contributed by atoms with E-state index in [1.165, 1.54) is 11.8 Å². The van der Waals surface area contributed by atoms with Crippen LogP contribution in [-0.2, 0) is 11.3 Å². The molecule has 3 rings (SSSR count). The lowest BCUT2D eigenvalue weighted by Gasteiger charge is -2.16. The van der Waals surface area contributed by atoms with Gasteiger partial charge in [0.1, 0.15) is 16.9 Å². The average Bonchev–Trinajstić information content (AvgIpc) is 2.70. The molecule has 0 aliphatic rings. The van der Waals surface area contributed by atoms with E-state index >= 15 is 0 Å². The van der Waals surface area contributed by atoms with Gasteiger partial charge in [0.15, 0.2) is 0 Å². The number of aromatic nitrogens is 3. The molecule has 2 aromatic heterocycles. The molecule has 0 saturated heterocycles. The van der Waals surface area contributed by atoms with Crippen molar-refractivity contribution in [2.45, 2.75) is 13.5 Å². The third kappa shape index (κ3) is 3.32. The normalized spacial score (nSPS) is 10.4. The third-order valence-corrected chi connectivity index (χ3v) is 3.82. The van der Waals surface area contributed by atoms with Gasteiger partial charge in [-0.25, -0.2) is 9.48 Å². The summed E-state index contributed by atoms with van der Waals surface area (Å²) in [6.07, 6.45) is 3.19. The predicted octanol–water partition coefficient (Wildman–Crippen LogP) is 2.86. The molecule has 132 valence electrons. The maximum atomic E-state index is 12.8. The van der Waals surface area contributed by atoms with Gasteiger partial charge in [-0.2, -0.15) is 5.10 Å². The molecule has 1 aromatic carbocycles. The molecule has 0 radical (unpaired) electrons. The van der Waals surface area contributed by atoms with E-state index < -0.39 is 11.5 Å². The second-order valence-corrected chi connectivity index (χ2v) is 5.44. The number of pyridine rings is 1. The van der Waals surface area contributed by atoms with Gasteiger partial charge in [-0.1, -0.05) is 30.3 Å². The number of nitrogens with zero attached hydrogens (tertiary/aromatic N) is 3. The van der Waals surface area contributed by atoms with Crippen molar-refractivity contribution in [3.63, 3.8) is 0 Å². The average molecular weight is 350 g/mol. The van der Waals surface area contributed by atoms with Crippen LogP contribution in [0.1, 0.15) is 17.3 Å². The summed E-state index contributed by atoms with van der Waals surface area (Å²) in [7, 11) is 1.27. The first-order chi connectivity index (χ1) is 12.7. The van der Waals surface area contributed by atoms with Crippen LogP contribution in [0.25, 0.3) is 11.3 Å². The lowest BCUT2D eigenvalue weighted by Crippen LogP contribution is -2.28. The highest BCUT2D eigenvalue weighted by molar-refractivity contribution is 6.02. The smallest absolute Gasteiger partial charge is 0.342 e. The molecule has 0 amide bonds. The van der Waals surface area contributed by atoms with Crippen molar-refractivity contribution in [2.75, 3.05) is 12.4 Å². The van der Waals surface area contributed by atoms with Gasteiger partial charge in [0, 0.05) is 18.3 Å². The monoisotopic (exact) mass is 350 g/mol. The van der Waals surface area contributed by atoms with E-state index in [1.807, 2.05) is 37.3 Å². The zero-order chi connectivity index (χ0) is 18.5. The Morgan fingerprint density at radius 2 is 1.96 bits per heavy atom. The van der Waals surface area contributed by atoms with Crippen molar-refractivity contribution in [1.82, 2.24) is 14.8 Å². The SMILES string of the molecule is CCn1nc(-c2ccccc2)c(C(=O)OC)c(Nc2cccnc2)c1=O. The Kier molecular flexibility index (Phi) is 5.07. The highest BCUT2D eigenvalue weighted by atomic mass is 16.5. The zero-order valence-corrected chi connectivity index (χ0v) is 14.5. The number of aryl methyl sites for hydroxylation is 1. The Labute approximate surface area is 150 Å². The Hall–Kier alpha value is -3.48. The Morgan fingerprint density at radius 3 is 2.58 bits per heavy atom. The summed E-state index contributed by atoms with van der Waals surface area (Å²) in [5.41, 5.74) is 1.48. The van der Waals surface area contributed by atoms with Gasteiger partial charge >= 0.3 is 5.97 Å². The third-order valence-electron chi connectivity index (χ3n) is 3.82. The fourth-order valence-corrected chi connectivity index (χ4v) is 2.58. The van der Waals surface area contributed by atoms with Crippen LogP contribution in [0, 0.1) is 0 Å². The van der Waals surface area contributed by atoms with E-state index in [2.05, 4.69) is 15.4 Å².